The van der Waals surface area contributed by atoms with Gasteiger partial charge in [-0.25, -0.2) is 13.4 Å². The van der Waals surface area contributed by atoms with Gasteiger partial charge in [-0.1, -0.05) is 0 Å². The Labute approximate surface area is 205 Å². The number of hydrogen-bond donors (Lipinski definition) is 1. The van der Waals surface area contributed by atoms with Crippen molar-refractivity contribution in [2.75, 3.05) is 19.4 Å². The van der Waals surface area contributed by atoms with E-state index in [1.807, 2.05) is 0 Å². The van der Waals surface area contributed by atoms with Crippen LogP contribution in [0.25, 0.3) is 0 Å². The first-order chi connectivity index (χ1) is 16.7. The van der Waals surface area contributed by atoms with Gasteiger partial charge >= 0.3 is 5.97 Å². The minimum Gasteiger partial charge on any atom is -0.465 e. The van der Waals surface area contributed by atoms with Crippen molar-refractivity contribution in [2.45, 2.75) is 43.7 Å². The van der Waals surface area contributed by atoms with Crippen LogP contribution in [0.1, 0.15) is 37.1 Å². The molecule has 0 saturated heterocycles. The SMILES string of the molecule is Bc1cc(S(=O)(=O)N(C)[C@@H]2CCCc3c2cnn3CC(=O)OCC)cnc1Oc1ccc(N)cc1. The number of esters is 1. The highest BCUT2D eigenvalue weighted by Crippen LogP contribution is 2.36. The topological polar surface area (TPSA) is 130 Å². The number of sulfonamides is 1. The van der Waals surface area contributed by atoms with Crippen molar-refractivity contribution < 1.29 is 22.7 Å². The third kappa shape index (κ3) is 5.18. The highest BCUT2D eigenvalue weighted by atomic mass is 32.2. The van der Waals surface area contributed by atoms with Gasteiger partial charge in [0, 0.05) is 24.0 Å². The predicted octanol–water partition coefficient (Wildman–Crippen LogP) is 1.17. The third-order valence-corrected chi connectivity index (χ3v) is 7.86. The average Bonchev–Trinajstić information content (AvgIpc) is 3.24. The van der Waals surface area contributed by atoms with Gasteiger partial charge in [-0.3, -0.25) is 9.48 Å². The van der Waals surface area contributed by atoms with E-state index in [-0.39, 0.29) is 17.4 Å². The molecule has 1 aromatic carbocycles. The molecule has 4 rings (SSSR count). The zero-order valence-electron chi connectivity index (χ0n) is 20.0. The van der Waals surface area contributed by atoms with Gasteiger partial charge in [0.1, 0.15) is 25.0 Å². The first kappa shape index (κ1) is 24.7. The third-order valence-electron chi connectivity index (χ3n) is 6.03. The normalized spacial score (nSPS) is 15.6. The Kier molecular flexibility index (Phi) is 7.13. The number of carbonyl (C=O) groups is 1. The van der Waals surface area contributed by atoms with E-state index in [4.69, 9.17) is 15.2 Å². The lowest BCUT2D eigenvalue weighted by Crippen LogP contribution is -2.34. The Morgan fingerprint density at radius 3 is 2.71 bits per heavy atom. The average molecular weight is 497 g/mol. The van der Waals surface area contributed by atoms with Crippen LogP contribution in [-0.4, -0.2) is 55.0 Å². The van der Waals surface area contributed by atoms with Gasteiger partial charge < -0.3 is 15.2 Å². The number of pyridine rings is 1. The summed E-state index contributed by atoms with van der Waals surface area (Å²) in [4.78, 5) is 16.3. The molecule has 0 spiro atoms. The number of benzene rings is 1. The number of nitrogen functional groups attached to an aromatic ring is 1. The van der Waals surface area contributed by atoms with E-state index in [2.05, 4.69) is 10.1 Å². The van der Waals surface area contributed by atoms with Crippen LogP contribution in [0.4, 0.5) is 5.69 Å². The lowest BCUT2D eigenvalue weighted by atomic mass is 9.93. The van der Waals surface area contributed by atoms with Crippen molar-refractivity contribution in [1.82, 2.24) is 19.1 Å². The van der Waals surface area contributed by atoms with Crippen LogP contribution >= 0.6 is 0 Å². The van der Waals surface area contributed by atoms with E-state index in [1.54, 1.807) is 63.0 Å². The fourth-order valence-corrected chi connectivity index (χ4v) is 5.60. The number of fused-ring (bicyclic) bond motifs is 1. The van der Waals surface area contributed by atoms with Crippen LogP contribution in [0.5, 0.6) is 11.6 Å². The quantitative estimate of drug-likeness (QED) is 0.279. The zero-order chi connectivity index (χ0) is 25.2. The number of rotatable bonds is 8. The lowest BCUT2D eigenvalue weighted by Gasteiger charge is -2.31. The molecule has 0 unspecified atom stereocenters. The monoisotopic (exact) mass is 497 g/mol. The van der Waals surface area contributed by atoms with Crippen molar-refractivity contribution in [3.05, 3.63) is 54.0 Å². The molecule has 0 aliphatic heterocycles. The molecule has 3 aromatic rings. The number of nitrogens with two attached hydrogens (primary N) is 1. The van der Waals surface area contributed by atoms with E-state index in [0.29, 0.717) is 35.8 Å². The molecule has 1 aliphatic carbocycles. The van der Waals surface area contributed by atoms with Crippen molar-refractivity contribution >= 4 is 35.0 Å². The molecule has 35 heavy (non-hydrogen) atoms. The Morgan fingerprint density at radius 1 is 1.29 bits per heavy atom. The Hall–Kier alpha value is -3.38. The second-order valence-electron chi connectivity index (χ2n) is 8.40. The second kappa shape index (κ2) is 10.1. The molecular weight excluding hydrogens is 469 g/mol. The van der Waals surface area contributed by atoms with Crippen LogP contribution in [0.15, 0.2) is 47.6 Å². The Balaban J connectivity index is 1.56. The van der Waals surface area contributed by atoms with Crippen LogP contribution in [0.2, 0.25) is 0 Å². The highest BCUT2D eigenvalue weighted by Gasteiger charge is 2.34. The fraction of sp³-hybridized carbons (Fsp3) is 0.348. The van der Waals surface area contributed by atoms with Gasteiger partial charge in [0.15, 0.2) is 0 Å². The van der Waals surface area contributed by atoms with Gasteiger partial charge in [-0.15, -0.1) is 0 Å². The Morgan fingerprint density at radius 2 is 2.03 bits per heavy atom. The number of nitrogens with zero attached hydrogens (tertiary/aromatic N) is 4. The van der Waals surface area contributed by atoms with Crippen LogP contribution in [-0.2, 0) is 32.5 Å². The molecule has 0 fully saturated rings. The summed E-state index contributed by atoms with van der Waals surface area (Å²) in [6.07, 6.45) is 5.10. The van der Waals surface area contributed by atoms with Gasteiger partial charge in [-0.05, 0) is 62.0 Å². The van der Waals surface area contributed by atoms with Crippen molar-refractivity contribution in [2.24, 2.45) is 0 Å². The summed E-state index contributed by atoms with van der Waals surface area (Å²) in [5.74, 6) is 0.498. The van der Waals surface area contributed by atoms with Crippen molar-refractivity contribution in [3.8, 4) is 11.6 Å². The number of aromatic nitrogens is 3. The first-order valence-electron chi connectivity index (χ1n) is 11.4. The summed E-state index contributed by atoms with van der Waals surface area (Å²) >= 11 is 0. The summed E-state index contributed by atoms with van der Waals surface area (Å²) in [7, 11) is -0.543. The predicted molar refractivity (Wildman–Crippen MR) is 133 cm³/mol. The van der Waals surface area contributed by atoms with E-state index in [9.17, 15) is 13.2 Å². The molecule has 0 bridgehead atoms. The van der Waals surface area contributed by atoms with Crippen molar-refractivity contribution in [3.63, 3.8) is 0 Å². The lowest BCUT2D eigenvalue weighted by molar-refractivity contribution is -0.144. The summed E-state index contributed by atoms with van der Waals surface area (Å²) in [5.41, 5.74) is 8.57. The number of ether oxygens (including phenoxy) is 2. The van der Waals surface area contributed by atoms with Crippen LogP contribution < -0.4 is 15.9 Å². The molecule has 1 atom stereocenters. The van der Waals surface area contributed by atoms with E-state index >= 15 is 0 Å². The zero-order valence-corrected chi connectivity index (χ0v) is 20.8. The number of carbonyl (C=O) groups excluding carboxylic acids is 1. The van der Waals surface area contributed by atoms with Crippen LogP contribution in [0.3, 0.4) is 0 Å². The fourth-order valence-electron chi connectivity index (χ4n) is 4.20. The van der Waals surface area contributed by atoms with Crippen molar-refractivity contribution in [1.29, 1.82) is 0 Å². The molecule has 184 valence electrons. The van der Waals surface area contributed by atoms with E-state index in [1.165, 1.54) is 10.5 Å². The molecule has 2 N–H and O–H groups in total. The maximum atomic E-state index is 13.5. The second-order valence-corrected chi connectivity index (χ2v) is 10.4. The minimum atomic E-state index is -3.85. The maximum Gasteiger partial charge on any atom is 0.327 e. The maximum absolute atomic E-state index is 13.5. The molecule has 0 saturated carbocycles. The van der Waals surface area contributed by atoms with Gasteiger partial charge in [0.25, 0.3) is 0 Å². The van der Waals surface area contributed by atoms with E-state index < -0.39 is 16.1 Å². The Bertz CT molecular complexity index is 1330. The summed E-state index contributed by atoms with van der Waals surface area (Å²) in [5, 5.41) is 4.34. The summed E-state index contributed by atoms with van der Waals surface area (Å²) in [6, 6.07) is 8.03. The molecule has 2 aromatic heterocycles. The first-order valence-corrected chi connectivity index (χ1v) is 12.8. The molecule has 0 radical (unpaired) electrons. The largest absolute Gasteiger partial charge is 0.465 e. The molecule has 1 aliphatic rings. The van der Waals surface area contributed by atoms with Crippen LogP contribution in [0, 0.1) is 0 Å². The smallest absolute Gasteiger partial charge is 0.327 e. The minimum absolute atomic E-state index is 0.00490. The molecule has 0 amide bonds. The van der Waals surface area contributed by atoms with Gasteiger partial charge in [-0.2, -0.15) is 9.40 Å². The number of anilines is 1. The molecule has 2 heterocycles. The van der Waals surface area contributed by atoms with E-state index in [0.717, 1.165) is 24.1 Å². The summed E-state index contributed by atoms with van der Waals surface area (Å²) in [6.45, 7) is 2.05. The highest BCUT2D eigenvalue weighted by molar-refractivity contribution is 7.89. The number of hydrogen-bond acceptors (Lipinski definition) is 8. The molecule has 12 heteroatoms. The van der Waals surface area contributed by atoms with Gasteiger partial charge in [0.2, 0.25) is 15.9 Å². The summed E-state index contributed by atoms with van der Waals surface area (Å²) < 4.78 is 40.8. The molecule has 10 nitrogen and oxygen atoms in total. The van der Waals surface area contributed by atoms with Gasteiger partial charge in [0.05, 0.1) is 25.0 Å². The molecular formula is C23H28BN5O5S. The standard InChI is InChI=1S/C23H28BN5O5S/c1-3-33-22(30)14-29-21-6-4-5-20(18(21)13-27-29)28(2)35(31,32)17-11-19(24)23(26-12-17)34-16-9-7-15(25)8-10-16/h7-13,20H,3-6,14,24-25H2,1-2H3/t20-/m1/s1.